The van der Waals surface area contributed by atoms with E-state index in [0.717, 1.165) is 18.2 Å². The Bertz CT molecular complexity index is 1560. The number of benzene rings is 1. The van der Waals surface area contributed by atoms with Gasteiger partial charge in [0.25, 0.3) is 5.91 Å². The molecule has 2 aliphatic rings. The average Bonchev–Trinajstić information content (AvgIpc) is 3.61. The third-order valence-electron chi connectivity index (χ3n) is 7.67. The molecule has 1 aliphatic heterocycles. The number of fused-ring (bicyclic) bond motifs is 2. The molecule has 4 heterocycles. The lowest BCUT2D eigenvalue weighted by Gasteiger charge is -2.32. The maximum Gasteiger partial charge on any atom is 0.388 e. The molecule has 2 N–H and O–H groups in total. The van der Waals surface area contributed by atoms with Crippen molar-refractivity contribution in [3.8, 4) is 17.4 Å². The van der Waals surface area contributed by atoms with Crippen molar-refractivity contribution in [1.29, 1.82) is 0 Å². The predicted octanol–water partition coefficient (Wildman–Crippen LogP) is 4.32. The van der Waals surface area contributed by atoms with E-state index < -0.39 is 12.4 Å². The summed E-state index contributed by atoms with van der Waals surface area (Å²) in [7, 11) is 1.72. The van der Waals surface area contributed by atoms with E-state index in [1.54, 1.807) is 28.6 Å². The smallest absolute Gasteiger partial charge is 0.388 e. The van der Waals surface area contributed by atoms with Crippen molar-refractivity contribution in [3.05, 3.63) is 41.7 Å². The Morgan fingerprint density at radius 3 is 2.60 bits per heavy atom. The van der Waals surface area contributed by atoms with Crippen LogP contribution in [0.25, 0.3) is 33.6 Å². The number of ether oxygens (including phenoxy) is 2. The molecule has 0 spiro atoms. The zero-order valence-corrected chi connectivity index (χ0v) is 22.2. The summed E-state index contributed by atoms with van der Waals surface area (Å²) < 4.78 is 55.0. The minimum atomic E-state index is -2.98. The monoisotopic (exact) mass is 556 g/mol. The van der Waals surface area contributed by atoms with E-state index in [0.29, 0.717) is 74.2 Å². The Morgan fingerprint density at radius 1 is 1.12 bits per heavy atom. The fraction of sp³-hybridized carbons (Fsp3) is 0.464. The topological polar surface area (TPSA) is 100 Å². The number of nitrogens with two attached hydrogens (primary N) is 1. The van der Waals surface area contributed by atoms with Gasteiger partial charge in [-0.1, -0.05) is 0 Å². The largest absolute Gasteiger partial charge is 0.417 e. The van der Waals surface area contributed by atoms with Crippen LogP contribution >= 0.6 is 0 Å². The van der Waals surface area contributed by atoms with Crippen LogP contribution in [0.2, 0.25) is 0 Å². The van der Waals surface area contributed by atoms with E-state index in [1.165, 1.54) is 12.1 Å². The molecule has 4 aromatic rings. The summed E-state index contributed by atoms with van der Waals surface area (Å²) in [5.74, 6) is -0.0243. The van der Waals surface area contributed by atoms with Crippen LogP contribution in [0.5, 0.6) is 5.88 Å². The van der Waals surface area contributed by atoms with Crippen LogP contribution in [0, 0.1) is 11.7 Å². The number of hydrogen-bond acceptors (Lipinski definition) is 6. The summed E-state index contributed by atoms with van der Waals surface area (Å²) in [5.41, 5.74) is 7.58. The number of nitrogens with zero attached hydrogens (tertiary/aromatic N) is 5. The van der Waals surface area contributed by atoms with Crippen LogP contribution in [-0.2, 0) is 18.3 Å². The lowest BCUT2D eigenvalue weighted by molar-refractivity contribution is -0.0526. The van der Waals surface area contributed by atoms with Crippen molar-refractivity contribution >= 4 is 28.0 Å². The number of piperidine rings is 1. The van der Waals surface area contributed by atoms with Gasteiger partial charge in [0.1, 0.15) is 17.0 Å². The SMILES string of the molecule is Cn1c(-c2cc3ccc(OC(F)F)nc3n2CC2CC2)nc2cc(C(=O)N3CCC(OCCN)CC3)cc(F)c21. The molecule has 12 heteroatoms. The number of halogens is 3. The number of carbonyl (C=O) groups is 1. The van der Waals surface area contributed by atoms with Gasteiger partial charge in [-0.15, -0.1) is 0 Å². The van der Waals surface area contributed by atoms with E-state index in [4.69, 9.17) is 15.5 Å². The molecule has 0 atom stereocenters. The molecule has 1 amide bonds. The lowest BCUT2D eigenvalue weighted by atomic mass is 10.1. The second-order valence-corrected chi connectivity index (χ2v) is 10.5. The Labute approximate surface area is 228 Å². The zero-order valence-electron chi connectivity index (χ0n) is 22.2. The first kappa shape index (κ1) is 26.6. The number of amides is 1. The highest BCUT2D eigenvalue weighted by Crippen LogP contribution is 2.37. The minimum absolute atomic E-state index is 0.0695. The highest BCUT2D eigenvalue weighted by atomic mass is 19.3. The third kappa shape index (κ3) is 5.13. The van der Waals surface area contributed by atoms with Crippen LogP contribution < -0.4 is 10.5 Å². The highest BCUT2D eigenvalue weighted by Gasteiger charge is 2.28. The second kappa shape index (κ2) is 10.7. The van der Waals surface area contributed by atoms with E-state index >= 15 is 4.39 Å². The molecule has 1 saturated carbocycles. The van der Waals surface area contributed by atoms with E-state index in [2.05, 4.69) is 9.72 Å². The molecule has 0 radical (unpaired) electrons. The number of hydrogen-bond donors (Lipinski definition) is 1. The Hall–Kier alpha value is -3.64. The van der Waals surface area contributed by atoms with Crippen molar-refractivity contribution in [2.75, 3.05) is 26.2 Å². The summed E-state index contributed by atoms with van der Waals surface area (Å²) >= 11 is 0. The van der Waals surface area contributed by atoms with Gasteiger partial charge in [-0.2, -0.15) is 13.8 Å². The number of aromatic nitrogens is 4. The Balaban J connectivity index is 1.34. The van der Waals surface area contributed by atoms with Crippen molar-refractivity contribution in [2.45, 2.75) is 44.9 Å². The average molecular weight is 557 g/mol. The van der Waals surface area contributed by atoms with Gasteiger partial charge in [-0.25, -0.2) is 9.37 Å². The number of rotatable bonds is 9. The standard InChI is InChI=1S/C28H31F3N6O3/c1-35-24-20(29)12-18(27(38)36-9-6-19(7-10-36)39-11-8-32)13-21(24)33-26(35)22-14-17-4-5-23(40-28(30)31)34-25(17)37(22)15-16-2-3-16/h4-5,12-14,16,19,28H,2-3,6-11,15,32H2,1H3. The Morgan fingerprint density at radius 2 is 1.90 bits per heavy atom. The number of likely N-dealkylation sites (tertiary alicyclic amines) is 1. The molecule has 40 heavy (non-hydrogen) atoms. The maximum absolute atomic E-state index is 15.5. The summed E-state index contributed by atoms with van der Waals surface area (Å²) in [6.45, 7) is -0.366. The van der Waals surface area contributed by atoms with Gasteiger partial charge in [0.2, 0.25) is 5.88 Å². The number of carbonyl (C=O) groups excluding carboxylic acids is 1. The van der Waals surface area contributed by atoms with Crippen molar-refractivity contribution in [2.24, 2.45) is 18.7 Å². The first-order valence-corrected chi connectivity index (χ1v) is 13.5. The van der Waals surface area contributed by atoms with Crippen LogP contribution in [0.3, 0.4) is 0 Å². The first-order valence-electron chi connectivity index (χ1n) is 13.5. The lowest BCUT2D eigenvalue weighted by Crippen LogP contribution is -2.41. The molecular formula is C28H31F3N6O3. The van der Waals surface area contributed by atoms with Gasteiger partial charge in [0.05, 0.1) is 23.9 Å². The fourth-order valence-corrected chi connectivity index (χ4v) is 5.49. The van der Waals surface area contributed by atoms with Crippen molar-refractivity contribution in [3.63, 3.8) is 0 Å². The number of aryl methyl sites for hydroxylation is 1. The molecule has 1 aromatic carbocycles. The molecule has 2 fully saturated rings. The van der Waals surface area contributed by atoms with Crippen molar-refractivity contribution < 1.29 is 27.4 Å². The van der Waals surface area contributed by atoms with Crippen LogP contribution in [0.15, 0.2) is 30.3 Å². The minimum Gasteiger partial charge on any atom is -0.417 e. The van der Waals surface area contributed by atoms with Crippen LogP contribution in [0.4, 0.5) is 13.2 Å². The highest BCUT2D eigenvalue weighted by molar-refractivity contribution is 5.98. The quantitative estimate of drug-likeness (QED) is 0.330. The summed E-state index contributed by atoms with van der Waals surface area (Å²) in [6, 6.07) is 7.85. The van der Waals surface area contributed by atoms with E-state index in [9.17, 15) is 13.6 Å². The molecule has 0 unspecified atom stereocenters. The van der Waals surface area contributed by atoms with Gasteiger partial charge in [0, 0.05) is 50.2 Å². The van der Waals surface area contributed by atoms with Gasteiger partial charge in [-0.3, -0.25) is 4.79 Å². The predicted molar refractivity (Wildman–Crippen MR) is 143 cm³/mol. The summed E-state index contributed by atoms with van der Waals surface area (Å²) in [4.78, 5) is 24.1. The third-order valence-corrected chi connectivity index (χ3v) is 7.67. The number of alkyl halides is 2. The van der Waals surface area contributed by atoms with E-state index in [1.807, 2.05) is 10.6 Å². The molecule has 6 rings (SSSR count). The normalized spacial score (nSPS) is 16.5. The second-order valence-electron chi connectivity index (χ2n) is 10.5. The Kier molecular flexibility index (Phi) is 7.13. The van der Waals surface area contributed by atoms with Gasteiger partial charge < -0.3 is 29.2 Å². The van der Waals surface area contributed by atoms with E-state index in [-0.39, 0.29) is 29.0 Å². The molecule has 3 aromatic heterocycles. The van der Waals surface area contributed by atoms with Gasteiger partial charge in [-0.05, 0) is 55.9 Å². The summed E-state index contributed by atoms with van der Waals surface area (Å²) in [6.07, 6.45) is 3.60. The van der Waals surface area contributed by atoms with Crippen molar-refractivity contribution in [1.82, 2.24) is 24.0 Å². The number of imidazole rings is 1. The van der Waals surface area contributed by atoms with Gasteiger partial charge >= 0.3 is 6.61 Å². The molecular weight excluding hydrogens is 525 g/mol. The fourth-order valence-electron chi connectivity index (χ4n) is 5.49. The van der Waals surface area contributed by atoms with Crippen LogP contribution in [0.1, 0.15) is 36.0 Å². The number of pyridine rings is 1. The molecule has 1 aliphatic carbocycles. The first-order chi connectivity index (χ1) is 19.3. The molecule has 212 valence electrons. The molecule has 9 nitrogen and oxygen atoms in total. The zero-order chi connectivity index (χ0) is 28.0. The molecule has 0 bridgehead atoms. The molecule has 1 saturated heterocycles. The van der Waals surface area contributed by atoms with Gasteiger partial charge in [0.15, 0.2) is 5.82 Å². The summed E-state index contributed by atoms with van der Waals surface area (Å²) in [5, 5.41) is 0.736. The van der Waals surface area contributed by atoms with Crippen LogP contribution in [-0.4, -0.2) is 68.9 Å². The maximum atomic E-state index is 15.5.